The maximum absolute atomic E-state index is 5.70. The lowest BCUT2D eigenvalue weighted by Crippen LogP contribution is -2.13. The molecule has 24 heavy (non-hydrogen) atoms. The first kappa shape index (κ1) is 14.8. The Labute approximate surface area is 139 Å². The fraction of sp³-hybridized carbons (Fsp3) is 0.294. The predicted molar refractivity (Wildman–Crippen MR) is 89.2 cm³/mol. The number of hydrogen-bond donors (Lipinski definition) is 1. The van der Waals surface area contributed by atoms with Crippen molar-refractivity contribution in [2.24, 2.45) is 0 Å². The lowest BCUT2D eigenvalue weighted by Gasteiger charge is -2.15. The van der Waals surface area contributed by atoms with Gasteiger partial charge in [-0.25, -0.2) is 9.97 Å². The van der Waals surface area contributed by atoms with Gasteiger partial charge in [-0.2, -0.15) is 4.98 Å². The van der Waals surface area contributed by atoms with E-state index in [2.05, 4.69) is 56.3 Å². The minimum Gasteiger partial charge on any atom is -0.384 e. The van der Waals surface area contributed by atoms with Crippen molar-refractivity contribution in [3.63, 3.8) is 0 Å². The Balaban J connectivity index is 1.65. The van der Waals surface area contributed by atoms with Gasteiger partial charge in [-0.15, -0.1) is 0 Å². The van der Waals surface area contributed by atoms with Gasteiger partial charge in [0, 0.05) is 25.2 Å². The molecule has 4 rings (SSSR count). The molecule has 0 saturated carbocycles. The molecular weight excluding hydrogens is 304 g/mol. The van der Waals surface area contributed by atoms with Crippen LogP contribution in [-0.2, 0) is 0 Å². The summed E-state index contributed by atoms with van der Waals surface area (Å²) in [5, 5.41) is 4.04. The minimum absolute atomic E-state index is 0.153. The number of hydrogen-bond acceptors (Lipinski definition) is 7. The first-order valence-corrected chi connectivity index (χ1v) is 7.86. The highest BCUT2D eigenvalue weighted by Gasteiger charge is 2.37. The second kappa shape index (κ2) is 6.01. The predicted octanol–water partition coefficient (Wildman–Crippen LogP) is 1.92. The molecule has 7 nitrogen and oxygen atoms in total. The van der Waals surface area contributed by atoms with Crippen LogP contribution in [0.3, 0.4) is 0 Å². The molecule has 0 radical (unpaired) electrons. The Kier molecular flexibility index (Phi) is 3.70. The van der Waals surface area contributed by atoms with E-state index in [0.717, 1.165) is 13.1 Å². The maximum Gasteiger partial charge on any atom is 0.240 e. The molecule has 2 N–H and O–H groups in total. The van der Waals surface area contributed by atoms with Crippen LogP contribution in [0.25, 0.3) is 11.6 Å². The third-order valence-electron chi connectivity index (χ3n) is 4.37. The van der Waals surface area contributed by atoms with E-state index in [1.807, 2.05) is 6.07 Å². The SMILES string of the molecule is CN1C[C@H](c2ccccc2)[C@@H](c2nc(-c3nccc(N)n3)no2)C1. The number of nitrogen functional groups attached to an aromatic ring is 1. The molecule has 0 aliphatic carbocycles. The van der Waals surface area contributed by atoms with E-state index in [1.165, 1.54) is 5.56 Å². The van der Waals surface area contributed by atoms with Crippen LogP contribution in [0.2, 0.25) is 0 Å². The summed E-state index contributed by atoms with van der Waals surface area (Å²) in [7, 11) is 2.11. The third kappa shape index (κ3) is 2.74. The highest BCUT2D eigenvalue weighted by molar-refractivity contribution is 5.45. The van der Waals surface area contributed by atoms with E-state index in [9.17, 15) is 0 Å². The van der Waals surface area contributed by atoms with Crippen molar-refractivity contribution in [3.05, 3.63) is 54.0 Å². The Morgan fingerprint density at radius 2 is 1.83 bits per heavy atom. The highest BCUT2D eigenvalue weighted by Crippen LogP contribution is 2.38. The lowest BCUT2D eigenvalue weighted by atomic mass is 9.89. The van der Waals surface area contributed by atoms with Gasteiger partial charge in [0.25, 0.3) is 0 Å². The van der Waals surface area contributed by atoms with Gasteiger partial charge in [0.1, 0.15) is 5.82 Å². The number of aromatic nitrogens is 4. The summed E-state index contributed by atoms with van der Waals surface area (Å²) in [5.74, 6) is 2.24. The second-order valence-electron chi connectivity index (χ2n) is 6.11. The number of likely N-dealkylation sites (tertiary alicyclic amines) is 1. The molecule has 0 unspecified atom stereocenters. The number of nitrogens with two attached hydrogens (primary N) is 1. The zero-order valence-corrected chi connectivity index (χ0v) is 13.3. The normalized spacial score (nSPS) is 21.2. The monoisotopic (exact) mass is 322 g/mol. The first-order valence-electron chi connectivity index (χ1n) is 7.86. The number of likely N-dealkylation sites (N-methyl/N-ethyl adjacent to an activating group) is 1. The Morgan fingerprint density at radius 3 is 2.62 bits per heavy atom. The Bertz CT molecular complexity index is 834. The molecule has 0 spiro atoms. The molecule has 0 bridgehead atoms. The van der Waals surface area contributed by atoms with Crippen LogP contribution >= 0.6 is 0 Å². The molecule has 1 saturated heterocycles. The molecule has 1 fully saturated rings. The van der Waals surface area contributed by atoms with Gasteiger partial charge in [0.15, 0.2) is 0 Å². The van der Waals surface area contributed by atoms with Gasteiger partial charge < -0.3 is 15.2 Å². The zero-order valence-electron chi connectivity index (χ0n) is 13.3. The summed E-state index contributed by atoms with van der Waals surface area (Å²) < 4.78 is 5.53. The molecule has 122 valence electrons. The lowest BCUT2D eigenvalue weighted by molar-refractivity contribution is 0.341. The van der Waals surface area contributed by atoms with E-state index in [1.54, 1.807) is 12.3 Å². The van der Waals surface area contributed by atoms with Gasteiger partial charge >= 0.3 is 0 Å². The summed E-state index contributed by atoms with van der Waals surface area (Å²) in [5.41, 5.74) is 6.98. The van der Waals surface area contributed by atoms with Gasteiger partial charge in [0.2, 0.25) is 17.5 Å². The van der Waals surface area contributed by atoms with Gasteiger partial charge in [-0.05, 0) is 18.7 Å². The van der Waals surface area contributed by atoms with E-state index in [0.29, 0.717) is 29.3 Å². The van der Waals surface area contributed by atoms with Gasteiger partial charge in [0.05, 0.1) is 5.92 Å². The average Bonchev–Trinajstić information content (AvgIpc) is 3.22. The topological polar surface area (TPSA) is 94.0 Å². The summed E-state index contributed by atoms with van der Waals surface area (Å²) in [6, 6.07) is 12.1. The third-order valence-corrected chi connectivity index (χ3v) is 4.37. The van der Waals surface area contributed by atoms with Crippen LogP contribution < -0.4 is 5.73 Å². The van der Waals surface area contributed by atoms with E-state index >= 15 is 0 Å². The molecule has 7 heteroatoms. The summed E-state index contributed by atoms with van der Waals surface area (Å²) >= 11 is 0. The van der Waals surface area contributed by atoms with Crippen LogP contribution in [-0.4, -0.2) is 45.1 Å². The van der Waals surface area contributed by atoms with E-state index < -0.39 is 0 Å². The molecule has 3 aromatic rings. The summed E-state index contributed by atoms with van der Waals surface area (Å²) in [6.07, 6.45) is 1.59. The summed E-state index contributed by atoms with van der Waals surface area (Å²) in [6.45, 7) is 1.83. The van der Waals surface area contributed by atoms with Crippen molar-refractivity contribution in [3.8, 4) is 11.6 Å². The molecule has 1 aliphatic rings. The minimum atomic E-state index is 0.153. The number of nitrogens with zero attached hydrogens (tertiary/aromatic N) is 5. The molecule has 0 amide bonds. The standard InChI is InChI=1S/C17H18N6O/c1-23-9-12(11-5-3-2-4-6-11)13(10-23)17-21-16(22-24-17)15-19-8-7-14(18)20-15/h2-8,12-13H,9-10H2,1H3,(H2,18,19,20)/t12-,13+/m1/s1. The highest BCUT2D eigenvalue weighted by atomic mass is 16.5. The van der Waals surface area contributed by atoms with E-state index in [4.69, 9.17) is 10.3 Å². The molecule has 3 heterocycles. The quantitative estimate of drug-likeness (QED) is 0.787. The Hall–Kier alpha value is -2.80. The van der Waals surface area contributed by atoms with Crippen molar-refractivity contribution < 1.29 is 4.52 Å². The second-order valence-corrected chi connectivity index (χ2v) is 6.11. The molecule has 2 atom stereocenters. The van der Waals surface area contributed by atoms with Crippen molar-refractivity contribution in [1.29, 1.82) is 0 Å². The molecule has 1 aromatic carbocycles. The van der Waals surface area contributed by atoms with Crippen LogP contribution in [0.4, 0.5) is 5.82 Å². The van der Waals surface area contributed by atoms with Crippen molar-refractivity contribution >= 4 is 5.82 Å². The smallest absolute Gasteiger partial charge is 0.240 e. The zero-order chi connectivity index (χ0) is 16.5. The number of benzene rings is 1. The van der Waals surface area contributed by atoms with Crippen LogP contribution in [0, 0.1) is 0 Å². The maximum atomic E-state index is 5.70. The molecule has 2 aromatic heterocycles. The van der Waals surface area contributed by atoms with E-state index in [-0.39, 0.29) is 5.92 Å². The fourth-order valence-electron chi connectivity index (χ4n) is 3.25. The van der Waals surface area contributed by atoms with Crippen LogP contribution in [0.15, 0.2) is 47.1 Å². The van der Waals surface area contributed by atoms with Crippen LogP contribution in [0.1, 0.15) is 23.3 Å². The Morgan fingerprint density at radius 1 is 1.04 bits per heavy atom. The van der Waals surface area contributed by atoms with Gasteiger partial charge in [-0.3, -0.25) is 0 Å². The number of anilines is 1. The fourth-order valence-corrected chi connectivity index (χ4v) is 3.25. The number of rotatable bonds is 3. The summed E-state index contributed by atoms with van der Waals surface area (Å²) in [4.78, 5) is 15.1. The van der Waals surface area contributed by atoms with Crippen LogP contribution in [0.5, 0.6) is 0 Å². The van der Waals surface area contributed by atoms with Crippen molar-refractivity contribution in [2.45, 2.75) is 11.8 Å². The average molecular weight is 322 g/mol. The first-order chi connectivity index (χ1) is 11.7. The molecular formula is C17H18N6O. The van der Waals surface area contributed by atoms with Crippen molar-refractivity contribution in [2.75, 3.05) is 25.9 Å². The largest absolute Gasteiger partial charge is 0.384 e. The molecule has 1 aliphatic heterocycles. The van der Waals surface area contributed by atoms with Crippen molar-refractivity contribution in [1.82, 2.24) is 25.0 Å². The van der Waals surface area contributed by atoms with Gasteiger partial charge in [-0.1, -0.05) is 35.5 Å².